The summed E-state index contributed by atoms with van der Waals surface area (Å²) in [7, 11) is 0. The molecule has 0 aliphatic carbocycles. The van der Waals surface area contributed by atoms with E-state index in [9.17, 15) is 0 Å². The summed E-state index contributed by atoms with van der Waals surface area (Å²) in [6.45, 7) is 8.27. The minimum absolute atomic E-state index is 0.149. The molecule has 0 unspecified atom stereocenters. The Morgan fingerprint density at radius 3 is 2.46 bits per heavy atom. The van der Waals surface area contributed by atoms with Gasteiger partial charge in [-0.1, -0.05) is 42.8 Å². The Kier molecular flexibility index (Phi) is 6.62. The summed E-state index contributed by atoms with van der Waals surface area (Å²) in [6.07, 6.45) is 1.11. The van der Waals surface area contributed by atoms with Crippen LogP contribution in [0.1, 0.15) is 44.4 Å². The first-order valence-electron chi connectivity index (χ1n) is 8.38. The quantitative estimate of drug-likeness (QED) is 0.705. The number of ether oxygens (including phenoxy) is 1. The third kappa shape index (κ3) is 5.53. The lowest BCUT2D eigenvalue weighted by molar-refractivity contribution is 0.242. The molecule has 0 fully saturated rings. The van der Waals surface area contributed by atoms with E-state index in [4.69, 9.17) is 17.0 Å². The highest BCUT2D eigenvalue weighted by Gasteiger charge is 2.10. The number of hydrogen-bond acceptors (Lipinski definition) is 2. The normalized spacial score (nSPS) is 11.9. The van der Waals surface area contributed by atoms with Crippen LogP contribution in [0, 0.1) is 6.92 Å². The molecule has 2 N–H and O–H groups in total. The van der Waals surface area contributed by atoms with Crippen LogP contribution in [0.2, 0.25) is 0 Å². The predicted octanol–water partition coefficient (Wildman–Crippen LogP) is 5.22. The standard InChI is InChI=1S/C20H26N2OS/c1-5-19(16-11-9-15(4)10-12-16)22-20(24)21-17-7-6-8-18(13-17)23-14(2)3/h6-14,19H,5H2,1-4H3,(H2,21,22,24)/t19-/m1/s1. The summed E-state index contributed by atoms with van der Waals surface area (Å²) in [6, 6.07) is 16.6. The maximum atomic E-state index is 5.72. The molecule has 0 radical (unpaired) electrons. The number of thiocarbonyl (C=S) groups is 1. The van der Waals surface area contributed by atoms with Gasteiger partial charge in [0.2, 0.25) is 0 Å². The second-order valence-corrected chi connectivity index (χ2v) is 6.57. The van der Waals surface area contributed by atoms with Gasteiger partial charge in [0.05, 0.1) is 12.1 Å². The molecule has 0 spiro atoms. The average molecular weight is 343 g/mol. The van der Waals surface area contributed by atoms with Gasteiger partial charge in [0.25, 0.3) is 0 Å². The lowest BCUT2D eigenvalue weighted by atomic mass is 10.0. The van der Waals surface area contributed by atoms with E-state index in [1.165, 1.54) is 11.1 Å². The highest BCUT2D eigenvalue weighted by atomic mass is 32.1. The van der Waals surface area contributed by atoms with Gasteiger partial charge in [-0.25, -0.2) is 0 Å². The van der Waals surface area contributed by atoms with E-state index in [1.54, 1.807) is 0 Å². The van der Waals surface area contributed by atoms with Gasteiger partial charge in [-0.3, -0.25) is 0 Å². The first-order valence-corrected chi connectivity index (χ1v) is 8.79. The van der Waals surface area contributed by atoms with Crippen LogP contribution in [0.4, 0.5) is 5.69 Å². The first-order chi connectivity index (χ1) is 11.5. The highest BCUT2D eigenvalue weighted by Crippen LogP contribution is 2.20. The molecule has 0 heterocycles. The maximum absolute atomic E-state index is 5.72. The number of rotatable bonds is 6. The molecule has 128 valence electrons. The van der Waals surface area contributed by atoms with Gasteiger partial charge >= 0.3 is 0 Å². The molecule has 2 aromatic rings. The number of anilines is 1. The Balaban J connectivity index is 2.00. The van der Waals surface area contributed by atoms with Gasteiger partial charge < -0.3 is 15.4 Å². The van der Waals surface area contributed by atoms with Crippen LogP contribution in [0.15, 0.2) is 48.5 Å². The molecule has 0 bridgehead atoms. The molecule has 0 aromatic heterocycles. The van der Waals surface area contributed by atoms with Crippen molar-refractivity contribution >= 4 is 23.0 Å². The van der Waals surface area contributed by atoms with Crippen molar-refractivity contribution in [2.24, 2.45) is 0 Å². The van der Waals surface area contributed by atoms with E-state index >= 15 is 0 Å². The molecule has 4 heteroatoms. The molecular formula is C20H26N2OS. The van der Waals surface area contributed by atoms with Crippen LogP contribution in [0.5, 0.6) is 5.75 Å². The number of hydrogen-bond donors (Lipinski definition) is 2. The summed E-state index contributed by atoms with van der Waals surface area (Å²) in [5, 5.41) is 7.25. The van der Waals surface area contributed by atoms with Crippen LogP contribution >= 0.6 is 12.2 Å². The fourth-order valence-electron chi connectivity index (χ4n) is 2.46. The minimum atomic E-state index is 0.149. The van der Waals surface area contributed by atoms with Gasteiger partial charge in [0.15, 0.2) is 5.11 Å². The molecule has 0 aliphatic rings. The molecular weight excluding hydrogens is 316 g/mol. The summed E-state index contributed by atoms with van der Waals surface area (Å²) in [5.74, 6) is 0.836. The van der Waals surface area contributed by atoms with Gasteiger partial charge in [-0.2, -0.15) is 0 Å². The van der Waals surface area contributed by atoms with E-state index < -0.39 is 0 Å². The third-order valence-corrected chi connectivity index (χ3v) is 3.88. The molecule has 0 saturated carbocycles. The van der Waals surface area contributed by atoms with Crippen LogP contribution in [-0.2, 0) is 0 Å². The average Bonchev–Trinajstić information content (AvgIpc) is 2.53. The Labute approximate surface area is 150 Å². The molecule has 1 atom stereocenters. The topological polar surface area (TPSA) is 33.3 Å². The van der Waals surface area contributed by atoms with Gasteiger partial charge in [-0.05, 0) is 57.1 Å². The first kappa shape index (κ1) is 18.3. The smallest absolute Gasteiger partial charge is 0.171 e. The van der Waals surface area contributed by atoms with E-state index in [0.717, 1.165) is 17.9 Å². The lowest BCUT2D eigenvalue weighted by Gasteiger charge is -2.20. The zero-order valence-electron chi connectivity index (χ0n) is 14.8. The zero-order valence-corrected chi connectivity index (χ0v) is 15.6. The second kappa shape index (κ2) is 8.69. The molecule has 0 amide bonds. The van der Waals surface area contributed by atoms with Gasteiger partial charge in [0.1, 0.15) is 5.75 Å². The van der Waals surface area contributed by atoms with E-state index in [2.05, 4.69) is 48.7 Å². The molecule has 0 saturated heterocycles. The largest absolute Gasteiger partial charge is 0.491 e. The molecule has 2 aromatic carbocycles. The lowest BCUT2D eigenvalue weighted by Crippen LogP contribution is -2.32. The fraction of sp³-hybridized carbons (Fsp3) is 0.350. The summed E-state index contributed by atoms with van der Waals surface area (Å²) < 4.78 is 5.72. The third-order valence-electron chi connectivity index (χ3n) is 3.66. The Morgan fingerprint density at radius 2 is 1.83 bits per heavy atom. The highest BCUT2D eigenvalue weighted by molar-refractivity contribution is 7.80. The van der Waals surface area contributed by atoms with Crippen LogP contribution < -0.4 is 15.4 Å². The van der Waals surface area contributed by atoms with Crippen molar-refractivity contribution in [3.05, 3.63) is 59.7 Å². The summed E-state index contributed by atoms with van der Waals surface area (Å²) in [4.78, 5) is 0. The Hall–Kier alpha value is -2.07. The van der Waals surface area contributed by atoms with Crippen molar-refractivity contribution in [2.45, 2.75) is 46.3 Å². The molecule has 24 heavy (non-hydrogen) atoms. The fourth-order valence-corrected chi connectivity index (χ4v) is 2.72. The van der Waals surface area contributed by atoms with Crippen molar-refractivity contribution in [3.63, 3.8) is 0 Å². The molecule has 0 aliphatic heterocycles. The van der Waals surface area contributed by atoms with Crippen molar-refractivity contribution in [3.8, 4) is 5.75 Å². The maximum Gasteiger partial charge on any atom is 0.171 e. The van der Waals surface area contributed by atoms with Crippen LogP contribution in [0.3, 0.4) is 0 Å². The number of aryl methyl sites for hydroxylation is 1. The second-order valence-electron chi connectivity index (χ2n) is 6.16. The SMILES string of the molecule is CC[C@@H](NC(=S)Nc1cccc(OC(C)C)c1)c1ccc(C)cc1. The van der Waals surface area contributed by atoms with E-state index in [-0.39, 0.29) is 12.1 Å². The zero-order chi connectivity index (χ0) is 17.5. The van der Waals surface area contributed by atoms with E-state index in [0.29, 0.717) is 5.11 Å². The molecule has 3 nitrogen and oxygen atoms in total. The van der Waals surface area contributed by atoms with Crippen molar-refractivity contribution < 1.29 is 4.74 Å². The number of nitrogens with one attached hydrogen (secondary N) is 2. The Morgan fingerprint density at radius 1 is 1.12 bits per heavy atom. The minimum Gasteiger partial charge on any atom is -0.491 e. The number of benzene rings is 2. The van der Waals surface area contributed by atoms with Crippen molar-refractivity contribution in [1.82, 2.24) is 5.32 Å². The van der Waals surface area contributed by atoms with Gasteiger partial charge in [-0.15, -0.1) is 0 Å². The predicted molar refractivity (Wildman–Crippen MR) is 106 cm³/mol. The summed E-state index contributed by atoms with van der Waals surface area (Å²) >= 11 is 5.47. The Bertz CT molecular complexity index is 668. The summed E-state index contributed by atoms with van der Waals surface area (Å²) in [5.41, 5.74) is 3.42. The van der Waals surface area contributed by atoms with Crippen LogP contribution in [-0.4, -0.2) is 11.2 Å². The van der Waals surface area contributed by atoms with Crippen molar-refractivity contribution in [1.29, 1.82) is 0 Å². The van der Waals surface area contributed by atoms with Crippen LogP contribution in [0.25, 0.3) is 0 Å². The monoisotopic (exact) mass is 342 g/mol. The van der Waals surface area contributed by atoms with E-state index in [1.807, 2.05) is 38.1 Å². The molecule has 2 rings (SSSR count). The van der Waals surface area contributed by atoms with Crippen molar-refractivity contribution in [2.75, 3.05) is 5.32 Å². The van der Waals surface area contributed by atoms with Gasteiger partial charge in [0, 0.05) is 11.8 Å².